The second kappa shape index (κ2) is 3.92. The topological polar surface area (TPSA) is 35.8 Å². The third-order valence-electron chi connectivity index (χ3n) is 0.375. The van der Waals surface area contributed by atoms with Gasteiger partial charge in [0.25, 0.3) is 0 Å². The Morgan fingerprint density at radius 1 is 1.80 bits per heavy atom. The third kappa shape index (κ3) is 3.92. The predicted octanol–water partition coefficient (Wildman–Crippen LogP) is 0.184. The number of hydrogen-bond donors (Lipinski definition) is 1. The molecule has 2 nitrogen and oxygen atoms in total. The SMILES string of the molecule is CCCN[NH]. The lowest BCUT2D eigenvalue weighted by molar-refractivity contribution is 0.692. The van der Waals surface area contributed by atoms with Crippen molar-refractivity contribution in [2.24, 2.45) is 0 Å². The van der Waals surface area contributed by atoms with Crippen molar-refractivity contribution in [1.29, 1.82) is 0 Å². The molecule has 0 atom stereocenters. The molecule has 0 aliphatic rings. The zero-order valence-corrected chi connectivity index (χ0v) is 3.41. The second-order valence-electron chi connectivity index (χ2n) is 0.927. The maximum atomic E-state index is 6.35. The van der Waals surface area contributed by atoms with Gasteiger partial charge in [0.15, 0.2) is 0 Å². The maximum absolute atomic E-state index is 6.35. The standard InChI is InChI=1S/C3H9N2/c1-2-3-5-4/h4-5H,2-3H2,1H3. The van der Waals surface area contributed by atoms with E-state index in [1.54, 1.807) is 0 Å². The molecule has 0 saturated heterocycles. The van der Waals surface area contributed by atoms with Crippen LogP contribution in [-0.4, -0.2) is 6.54 Å². The van der Waals surface area contributed by atoms with Crippen molar-refractivity contribution < 1.29 is 0 Å². The van der Waals surface area contributed by atoms with Crippen LogP contribution in [-0.2, 0) is 0 Å². The summed E-state index contributed by atoms with van der Waals surface area (Å²) in [5.41, 5.74) is 2.27. The van der Waals surface area contributed by atoms with Gasteiger partial charge in [0.2, 0.25) is 0 Å². The molecule has 0 rings (SSSR count). The summed E-state index contributed by atoms with van der Waals surface area (Å²) in [7, 11) is 0. The molecule has 0 aliphatic heterocycles. The monoisotopic (exact) mass is 73.1 g/mol. The second-order valence-corrected chi connectivity index (χ2v) is 0.927. The minimum Gasteiger partial charge on any atom is -0.243 e. The summed E-state index contributed by atoms with van der Waals surface area (Å²) < 4.78 is 0. The Balaban J connectivity index is 2.19. The van der Waals surface area contributed by atoms with E-state index in [0.29, 0.717) is 0 Å². The van der Waals surface area contributed by atoms with E-state index in [1.807, 2.05) is 6.92 Å². The van der Waals surface area contributed by atoms with E-state index in [-0.39, 0.29) is 0 Å². The lowest BCUT2D eigenvalue weighted by Gasteiger charge is -1.83. The van der Waals surface area contributed by atoms with Gasteiger partial charge in [-0.25, -0.2) is 5.43 Å². The van der Waals surface area contributed by atoms with E-state index in [1.165, 1.54) is 0 Å². The molecule has 0 heterocycles. The Hall–Kier alpha value is -0.0800. The van der Waals surface area contributed by atoms with E-state index in [4.69, 9.17) is 5.84 Å². The smallest absolute Gasteiger partial charge is 0.0111 e. The van der Waals surface area contributed by atoms with E-state index < -0.39 is 0 Å². The molecular formula is C3H9N2. The van der Waals surface area contributed by atoms with Gasteiger partial charge in [-0.15, -0.1) is 0 Å². The first-order chi connectivity index (χ1) is 2.41. The van der Waals surface area contributed by atoms with Crippen molar-refractivity contribution in [2.75, 3.05) is 6.54 Å². The Labute approximate surface area is 32.3 Å². The van der Waals surface area contributed by atoms with Crippen molar-refractivity contribution >= 4 is 0 Å². The molecule has 31 valence electrons. The number of nitrogens with one attached hydrogen (secondary N) is 2. The highest BCUT2D eigenvalue weighted by molar-refractivity contribution is 4.24. The van der Waals surface area contributed by atoms with E-state index >= 15 is 0 Å². The summed E-state index contributed by atoms with van der Waals surface area (Å²) in [5.74, 6) is 6.35. The summed E-state index contributed by atoms with van der Waals surface area (Å²) in [4.78, 5) is 0. The minimum atomic E-state index is 0.806. The molecule has 0 fully saturated rings. The highest BCUT2D eigenvalue weighted by Crippen LogP contribution is 1.61. The van der Waals surface area contributed by atoms with Gasteiger partial charge in [0.1, 0.15) is 0 Å². The van der Waals surface area contributed by atoms with Crippen LogP contribution in [0.5, 0.6) is 0 Å². The van der Waals surface area contributed by atoms with Crippen molar-refractivity contribution in [3.05, 3.63) is 0 Å². The van der Waals surface area contributed by atoms with E-state index in [2.05, 4.69) is 5.43 Å². The molecule has 0 aromatic heterocycles. The average molecular weight is 73.1 g/mol. The van der Waals surface area contributed by atoms with Crippen LogP contribution in [0.25, 0.3) is 0 Å². The molecule has 0 aromatic carbocycles. The first-order valence-corrected chi connectivity index (χ1v) is 1.81. The molecule has 0 unspecified atom stereocenters. The van der Waals surface area contributed by atoms with Gasteiger partial charge < -0.3 is 0 Å². The van der Waals surface area contributed by atoms with E-state index in [9.17, 15) is 0 Å². The van der Waals surface area contributed by atoms with Crippen LogP contribution in [0.3, 0.4) is 0 Å². The number of rotatable bonds is 2. The molecule has 0 bridgehead atoms. The fourth-order valence-corrected chi connectivity index (χ4v) is 0.125. The first kappa shape index (κ1) is 4.92. The van der Waals surface area contributed by atoms with Crippen molar-refractivity contribution in [3.63, 3.8) is 0 Å². The highest BCUT2D eigenvalue weighted by atomic mass is 15.2. The van der Waals surface area contributed by atoms with Gasteiger partial charge >= 0.3 is 0 Å². The highest BCUT2D eigenvalue weighted by Gasteiger charge is 1.65. The van der Waals surface area contributed by atoms with Crippen molar-refractivity contribution in [1.82, 2.24) is 11.3 Å². The molecule has 1 radical (unpaired) electrons. The molecule has 0 aliphatic carbocycles. The molecule has 2 heteroatoms. The molecule has 0 aromatic rings. The van der Waals surface area contributed by atoms with Crippen molar-refractivity contribution in [2.45, 2.75) is 13.3 Å². The summed E-state index contributed by atoms with van der Waals surface area (Å²) in [6.45, 7) is 2.83. The largest absolute Gasteiger partial charge is 0.243 e. The Bertz CT molecular complexity index is 12.4. The van der Waals surface area contributed by atoms with Gasteiger partial charge in [0.05, 0.1) is 0 Å². The van der Waals surface area contributed by atoms with E-state index in [0.717, 1.165) is 13.0 Å². The Morgan fingerprint density at radius 2 is 2.40 bits per heavy atom. The Kier molecular flexibility index (Phi) is 3.86. The van der Waals surface area contributed by atoms with Gasteiger partial charge in [0, 0.05) is 6.54 Å². The summed E-state index contributed by atoms with van der Waals surface area (Å²) in [6.07, 6.45) is 1.05. The van der Waals surface area contributed by atoms with Gasteiger partial charge in [-0.2, -0.15) is 5.84 Å². The molecule has 2 N–H and O–H groups in total. The van der Waals surface area contributed by atoms with Gasteiger partial charge in [-0.3, -0.25) is 0 Å². The number of hydrogen-bond acceptors (Lipinski definition) is 1. The van der Waals surface area contributed by atoms with Crippen LogP contribution >= 0.6 is 0 Å². The third-order valence-corrected chi connectivity index (χ3v) is 0.375. The van der Waals surface area contributed by atoms with Crippen LogP contribution in [0.1, 0.15) is 13.3 Å². The first-order valence-electron chi connectivity index (χ1n) is 1.81. The lowest BCUT2D eigenvalue weighted by atomic mass is 10.5. The van der Waals surface area contributed by atoms with Crippen LogP contribution in [0.4, 0.5) is 0 Å². The molecule has 5 heavy (non-hydrogen) atoms. The van der Waals surface area contributed by atoms with Crippen LogP contribution in [0, 0.1) is 0 Å². The van der Waals surface area contributed by atoms with Crippen LogP contribution < -0.4 is 11.3 Å². The average Bonchev–Trinajstić information content (AvgIpc) is 1.41. The molecule has 0 saturated carbocycles. The zero-order chi connectivity index (χ0) is 4.12. The van der Waals surface area contributed by atoms with Crippen LogP contribution in [0.2, 0.25) is 0 Å². The quantitative estimate of drug-likeness (QED) is 0.465. The summed E-state index contributed by atoms with van der Waals surface area (Å²) >= 11 is 0. The van der Waals surface area contributed by atoms with Gasteiger partial charge in [-0.05, 0) is 6.42 Å². The molecular weight excluding hydrogens is 64.0 g/mol. The lowest BCUT2D eigenvalue weighted by Crippen LogP contribution is -2.09. The zero-order valence-electron chi connectivity index (χ0n) is 3.41. The summed E-state index contributed by atoms with van der Waals surface area (Å²) in [5, 5.41) is 0. The maximum Gasteiger partial charge on any atom is 0.0111 e. The molecule has 0 amide bonds. The molecule has 0 spiro atoms. The fourth-order valence-electron chi connectivity index (χ4n) is 0.125. The van der Waals surface area contributed by atoms with Crippen LogP contribution in [0.15, 0.2) is 0 Å². The Morgan fingerprint density at radius 3 is 2.40 bits per heavy atom. The normalized spacial score (nSPS) is 8.40. The van der Waals surface area contributed by atoms with Crippen molar-refractivity contribution in [3.8, 4) is 0 Å². The fraction of sp³-hybridized carbons (Fsp3) is 1.00. The van der Waals surface area contributed by atoms with Gasteiger partial charge in [-0.1, -0.05) is 6.92 Å². The summed E-state index contributed by atoms with van der Waals surface area (Å²) in [6, 6.07) is 0. The minimum absolute atomic E-state index is 0.806. The predicted molar refractivity (Wildman–Crippen MR) is 21.4 cm³/mol.